The van der Waals surface area contributed by atoms with Crippen molar-refractivity contribution in [3.8, 4) is 11.5 Å². The van der Waals surface area contributed by atoms with Gasteiger partial charge < -0.3 is 9.84 Å². The number of para-hydroxylation sites is 2. The molecule has 1 heterocycles. The molecule has 0 fully saturated rings. The first-order valence-corrected chi connectivity index (χ1v) is 8.64. The lowest BCUT2D eigenvalue weighted by Gasteiger charge is -2.05. The molecule has 0 bridgehead atoms. The van der Waals surface area contributed by atoms with Gasteiger partial charge in [-0.15, -0.1) is 0 Å². The molecule has 2 N–H and O–H groups in total. The number of amides is 1. The molecule has 0 atom stereocenters. The third kappa shape index (κ3) is 5.61. The number of phenols is 1. The van der Waals surface area contributed by atoms with E-state index in [2.05, 4.69) is 15.5 Å². The maximum Gasteiger partial charge on any atom is 0.336 e. The summed E-state index contributed by atoms with van der Waals surface area (Å²) in [4.78, 5) is 27.9. The van der Waals surface area contributed by atoms with E-state index < -0.39 is 5.97 Å². The number of phenolic OH excluding ortho intramolecular Hbond substituents is 1. The van der Waals surface area contributed by atoms with Crippen molar-refractivity contribution in [1.82, 2.24) is 10.4 Å². The summed E-state index contributed by atoms with van der Waals surface area (Å²) in [5, 5.41) is 13.6. The molecule has 0 aliphatic heterocycles. The summed E-state index contributed by atoms with van der Waals surface area (Å²) >= 11 is 0. The zero-order valence-electron chi connectivity index (χ0n) is 15.2. The fraction of sp³-hybridized carbons (Fsp3) is 0. The van der Waals surface area contributed by atoms with Gasteiger partial charge in [-0.25, -0.2) is 10.2 Å². The van der Waals surface area contributed by atoms with Crippen LogP contribution in [-0.4, -0.2) is 28.2 Å². The van der Waals surface area contributed by atoms with Crippen molar-refractivity contribution in [2.24, 2.45) is 5.10 Å². The van der Waals surface area contributed by atoms with Crippen LogP contribution in [0.15, 0.2) is 84.2 Å². The van der Waals surface area contributed by atoms with Gasteiger partial charge in [0.15, 0.2) is 0 Å². The average molecular weight is 387 g/mol. The number of hydrogen-bond acceptors (Lipinski definition) is 6. The maximum atomic E-state index is 12.1. The Kier molecular flexibility index (Phi) is 6.46. The smallest absolute Gasteiger partial charge is 0.336 e. The van der Waals surface area contributed by atoms with E-state index in [9.17, 15) is 14.7 Å². The number of nitrogens with zero attached hydrogens (tertiary/aromatic N) is 2. The molecule has 0 aliphatic carbocycles. The average Bonchev–Trinajstić information content (AvgIpc) is 2.75. The molecule has 144 valence electrons. The summed E-state index contributed by atoms with van der Waals surface area (Å²) in [5.74, 6) is -0.658. The van der Waals surface area contributed by atoms with Gasteiger partial charge in [-0.2, -0.15) is 5.10 Å². The van der Waals surface area contributed by atoms with Gasteiger partial charge >= 0.3 is 5.97 Å². The van der Waals surface area contributed by atoms with E-state index in [1.54, 1.807) is 54.6 Å². The molecule has 1 amide bonds. The summed E-state index contributed by atoms with van der Waals surface area (Å²) < 4.78 is 5.33. The molecule has 0 saturated carbocycles. The molecule has 1 aromatic heterocycles. The molecule has 7 heteroatoms. The molecule has 3 rings (SSSR count). The first-order chi connectivity index (χ1) is 14.1. The molecule has 7 nitrogen and oxygen atoms in total. The van der Waals surface area contributed by atoms with Crippen LogP contribution >= 0.6 is 0 Å². The van der Waals surface area contributed by atoms with Crippen molar-refractivity contribution < 1.29 is 19.4 Å². The van der Waals surface area contributed by atoms with Crippen LogP contribution in [0.5, 0.6) is 11.5 Å². The van der Waals surface area contributed by atoms with Gasteiger partial charge in [-0.05, 0) is 36.4 Å². The number of benzene rings is 2. The lowest BCUT2D eigenvalue weighted by Crippen LogP contribution is -2.17. The van der Waals surface area contributed by atoms with Crippen molar-refractivity contribution in [2.45, 2.75) is 0 Å². The second kappa shape index (κ2) is 9.61. The van der Waals surface area contributed by atoms with Gasteiger partial charge in [0.2, 0.25) is 0 Å². The first kappa shape index (κ1) is 19.5. The Labute approximate surface area is 167 Å². The fourth-order valence-corrected chi connectivity index (χ4v) is 2.34. The van der Waals surface area contributed by atoms with Crippen LogP contribution < -0.4 is 10.2 Å². The van der Waals surface area contributed by atoms with Crippen LogP contribution in [0.4, 0.5) is 0 Å². The molecule has 2 aromatic carbocycles. The Balaban J connectivity index is 1.65. The molecule has 29 heavy (non-hydrogen) atoms. The van der Waals surface area contributed by atoms with E-state index in [4.69, 9.17) is 4.74 Å². The highest BCUT2D eigenvalue weighted by molar-refractivity contribution is 5.95. The second-order valence-corrected chi connectivity index (χ2v) is 5.79. The van der Waals surface area contributed by atoms with E-state index in [1.807, 2.05) is 0 Å². The minimum atomic E-state index is -0.616. The zero-order chi connectivity index (χ0) is 20.5. The standard InChI is InChI=1S/C22H17N3O4/c26-19-7-3-1-5-16(19)9-10-21(27)29-20-8-4-2-6-18(20)15-24-25-22(28)17-11-13-23-14-12-17/h1-15,26H,(H,25,28)/b10-9+,24-15+. The van der Waals surface area contributed by atoms with Crippen molar-refractivity contribution >= 4 is 24.2 Å². The molecule has 0 saturated heterocycles. The summed E-state index contributed by atoms with van der Waals surface area (Å²) in [6.45, 7) is 0. The Morgan fingerprint density at radius 3 is 2.41 bits per heavy atom. The molecule has 0 radical (unpaired) electrons. The topological polar surface area (TPSA) is 101 Å². The SMILES string of the molecule is O=C(/C=C/c1ccccc1O)Oc1ccccc1/C=N/NC(=O)c1ccncc1. The number of esters is 1. The third-order valence-corrected chi connectivity index (χ3v) is 3.78. The zero-order valence-corrected chi connectivity index (χ0v) is 15.2. The number of rotatable bonds is 6. The Morgan fingerprint density at radius 2 is 1.66 bits per heavy atom. The van der Waals surface area contributed by atoms with Crippen LogP contribution in [0.3, 0.4) is 0 Å². The number of nitrogens with one attached hydrogen (secondary N) is 1. The Bertz CT molecular complexity index is 1060. The normalized spacial score (nSPS) is 10.9. The van der Waals surface area contributed by atoms with Gasteiger partial charge in [-0.1, -0.05) is 30.3 Å². The maximum absolute atomic E-state index is 12.1. The van der Waals surface area contributed by atoms with E-state index in [1.165, 1.54) is 36.8 Å². The third-order valence-electron chi connectivity index (χ3n) is 3.78. The molecule has 3 aromatic rings. The summed E-state index contributed by atoms with van der Waals surface area (Å²) in [5.41, 5.74) is 3.83. The van der Waals surface area contributed by atoms with Crippen LogP contribution in [0.2, 0.25) is 0 Å². The predicted molar refractivity (Wildman–Crippen MR) is 109 cm³/mol. The molecular formula is C22H17N3O4. The van der Waals surface area contributed by atoms with Crippen molar-refractivity contribution in [3.63, 3.8) is 0 Å². The van der Waals surface area contributed by atoms with Crippen LogP contribution in [0.25, 0.3) is 6.08 Å². The number of aromatic nitrogens is 1. The lowest BCUT2D eigenvalue weighted by atomic mass is 10.2. The van der Waals surface area contributed by atoms with Crippen molar-refractivity contribution in [3.05, 3.63) is 95.8 Å². The van der Waals surface area contributed by atoms with Crippen molar-refractivity contribution in [2.75, 3.05) is 0 Å². The number of pyridine rings is 1. The quantitative estimate of drug-likeness (QED) is 0.222. The van der Waals surface area contributed by atoms with Crippen LogP contribution in [0, 0.1) is 0 Å². The predicted octanol–water partition coefficient (Wildman–Crippen LogP) is 3.17. The summed E-state index contributed by atoms with van der Waals surface area (Å²) in [7, 11) is 0. The molecule has 0 unspecified atom stereocenters. The summed E-state index contributed by atoms with van der Waals surface area (Å²) in [6.07, 6.45) is 7.08. The highest BCUT2D eigenvalue weighted by atomic mass is 16.5. The number of hydrazone groups is 1. The lowest BCUT2D eigenvalue weighted by molar-refractivity contribution is -0.128. The van der Waals surface area contributed by atoms with Gasteiger partial charge in [-0.3, -0.25) is 9.78 Å². The summed E-state index contributed by atoms with van der Waals surface area (Å²) in [6, 6.07) is 16.5. The van der Waals surface area contributed by atoms with Crippen molar-refractivity contribution in [1.29, 1.82) is 0 Å². The number of carbonyl (C=O) groups is 2. The van der Waals surface area contributed by atoms with E-state index in [0.717, 1.165) is 0 Å². The van der Waals surface area contributed by atoms with Gasteiger partial charge in [0.05, 0.1) is 6.21 Å². The van der Waals surface area contributed by atoms with Crippen LogP contribution in [-0.2, 0) is 4.79 Å². The monoisotopic (exact) mass is 387 g/mol. The molecule has 0 aliphatic rings. The van der Waals surface area contributed by atoms with Crippen LogP contribution in [0.1, 0.15) is 21.5 Å². The minimum Gasteiger partial charge on any atom is -0.507 e. The van der Waals surface area contributed by atoms with Gasteiger partial charge in [0.25, 0.3) is 5.91 Å². The highest BCUT2D eigenvalue weighted by Gasteiger charge is 2.07. The van der Waals surface area contributed by atoms with Gasteiger partial charge in [0, 0.05) is 35.2 Å². The number of aromatic hydroxyl groups is 1. The number of ether oxygens (including phenoxy) is 1. The Morgan fingerprint density at radius 1 is 0.966 bits per heavy atom. The first-order valence-electron chi connectivity index (χ1n) is 8.64. The largest absolute Gasteiger partial charge is 0.507 e. The highest BCUT2D eigenvalue weighted by Crippen LogP contribution is 2.19. The molecule has 0 spiro atoms. The minimum absolute atomic E-state index is 0.0639. The van der Waals surface area contributed by atoms with E-state index >= 15 is 0 Å². The van der Waals surface area contributed by atoms with E-state index in [0.29, 0.717) is 16.7 Å². The van der Waals surface area contributed by atoms with E-state index in [-0.39, 0.29) is 17.4 Å². The second-order valence-electron chi connectivity index (χ2n) is 5.79. The molecular weight excluding hydrogens is 370 g/mol. The number of carbonyl (C=O) groups excluding carboxylic acids is 2. The van der Waals surface area contributed by atoms with Gasteiger partial charge in [0.1, 0.15) is 11.5 Å². The Hall–Kier alpha value is -4.26. The fourth-order valence-electron chi connectivity index (χ4n) is 2.34. The number of hydrogen-bond donors (Lipinski definition) is 2.